The lowest BCUT2D eigenvalue weighted by atomic mass is 10.1. The van der Waals surface area contributed by atoms with Crippen molar-refractivity contribution in [3.8, 4) is 0 Å². The van der Waals surface area contributed by atoms with Crippen molar-refractivity contribution in [2.24, 2.45) is 0 Å². The Morgan fingerprint density at radius 3 is 2.89 bits per heavy atom. The normalized spacial score (nSPS) is 14.2. The van der Waals surface area contributed by atoms with Gasteiger partial charge in [0.1, 0.15) is 0 Å². The molecule has 0 N–H and O–H groups in total. The third kappa shape index (κ3) is 2.57. The molecule has 1 aliphatic heterocycles. The lowest BCUT2D eigenvalue weighted by Crippen LogP contribution is -1.99. The van der Waals surface area contributed by atoms with Crippen LogP contribution in [0.2, 0.25) is 10.0 Å². The molecule has 0 spiro atoms. The molecule has 0 aliphatic carbocycles. The van der Waals surface area contributed by atoms with E-state index < -0.39 is 0 Å². The van der Waals surface area contributed by atoms with E-state index in [1.54, 1.807) is 29.5 Å². The molecule has 2 aromatic rings. The van der Waals surface area contributed by atoms with Crippen LogP contribution in [0.5, 0.6) is 0 Å². The topological polar surface area (TPSA) is 17.1 Å². The van der Waals surface area contributed by atoms with Gasteiger partial charge in [-0.15, -0.1) is 11.3 Å². The number of hydrogen-bond donors (Lipinski definition) is 0. The van der Waals surface area contributed by atoms with Crippen LogP contribution in [0, 0.1) is 0 Å². The van der Waals surface area contributed by atoms with Crippen molar-refractivity contribution in [1.82, 2.24) is 0 Å². The van der Waals surface area contributed by atoms with E-state index in [-0.39, 0.29) is 5.78 Å². The van der Waals surface area contributed by atoms with Gasteiger partial charge in [0.05, 0.1) is 14.9 Å². The van der Waals surface area contributed by atoms with Gasteiger partial charge in [0.25, 0.3) is 0 Å². The average Bonchev–Trinajstić information content (AvgIpc) is 2.85. The number of thiophene rings is 1. The highest BCUT2D eigenvalue weighted by Crippen LogP contribution is 2.34. The first-order valence-corrected chi connectivity index (χ1v) is 8.57. The first-order chi connectivity index (χ1) is 9.16. The molecular formula is C14H10Cl2OS2. The molecule has 5 heteroatoms. The fourth-order valence-electron chi connectivity index (χ4n) is 2.07. The average molecular weight is 329 g/mol. The minimum atomic E-state index is -0.0306. The predicted octanol–water partition coefficient (Wildman–Crippen LogP) is 5.08. The van der Waals surface area contributed by atoms with Crippen LogP contribution in [0.3, 0.4) is 0 Å². The Morgan fingerprint density at radius 2 is 2.11 bits per heavy atom. The second-order valence-corrected chi connectivity index (χ2v) is 7.32. The summed E-state index contributed by atoms with van der Waals surface area (Å²) in [4.78, 5) is 14.6. The smallest absolute Gasteiger partial charge is 0.204 e. The Labute approximate surface area is 129 Å². The lowest BCUT2D eigenvalue weighted by molar-refractivity contribution is 0.104. The number of thioether (sulfide) groups is 1. The van der Waals surface area contributed by atoms with Crippen LogP contribution in [-0.2, 0) is 12.2 Å². The third-order valence-corrected chi connectivity index (χ3v) is 6.11. The van der Waals surface area contributed by atoms with Gasteiger partial charge >= 0.3 is 0 Å². The molecule has 0 atom stereocenters. The van der Waals surface area contributed by atoms with Crippen LogP contribution in [0.15, 0.2) is 24.3 Å². The van der Waals surface area contributed by atoms with Crippen LogP contribution in [-0.4, -0.2) is 11.5 Å². The Morgan fingerprint density at radius 1 is 1.26 bits per heavy atom. The zero-order valence-corrected chi connectivity index (χ0v) is 13.1. The van der Waals surface area contributed by atoms with Gasteiger partial charge in [-0.3, -0.25) is 4.79 Å². The Balaban J connectivity index is 2.00. The van der Waals surface area contributed by atoms with E-state index in [0.717, 1.165) is 22.8 Å². The molecule has 0 saturated heterocycles. The number of fused-ring (bicyclic) bond motifs is 1. The molecule has 1 aromatic heterocycles. The van der Waals surface area contributed by atoms with E-state index in [9.17, 15) is 4.79 Å². The maximum Gasteiger partial charge on any atom is 0.204 e. The van der Waals surface area contributed by atoms with Crippen molar-refractivity contribution in [3.05, 3.63) is 55.2 Å². The molecule has 1 nitrogen and oxygen atoms in total. The van der Waals surface area contributed by atoms with Gasteiger partial charge in [-0.2, -0.15) is 11.8 Å². The van der Waals surface area contributed by atoms with Gasteiger partial charge in [-0.25, -0.2) is 0 Å². The number of aryl methyl sites for hydroxylation is 1. The summed E-state index contributed by atoms with van der Waals surface area (Å²) >= 11 is 15.6. The molecule has 0 bridgehead atoms. The summed E-state index contributed by atoms with van der Waals surface area (Å²) in [6, 6.07) is 7.18. The van der Waals surface area contributed by atoms with E-state index in [2.05, 4.69) is 0 Å². The minimum Gasteiger partial charge on any atom is -0.288 e. The highest BCUT2D eigenvalue weighted by atomic mass is 35.5. The van der Waals surface area contributed by atoms with Crippen LogP contribution in [0.4, 0.5) is 0 Å². The highest BCUT2D eigenvalue weighted by molar-refractivity contribution is 7.98. The predicted molar refractivity (Wildman–Crippen MR) is 84.1 cm³/mol. The molecule has 1 aliphatic rings. The molecule has 0 fully saturated rings. The zero-order chi connectivity index (χ0) is 13.4. The van der Waals surface area contributed by atoms with Crippen molar-refractivity contribution >= 4 is 52.1 Å². The minimum absolute atomic E-state index is 0.0306. The van der Waals surface area contributed by atoms with E-state index in [4.69, 9.17) is 23.2 Å². The van der Waals surface area contributed by atoms with Crippen molar-refractivity contribution < 1.29 is 4.79 Å². The Bertz CT molecular complexity index is 625. The monoisotopic (exact) mass is 328 g/mol. The van der Waals surface area contributed by atoms with Crippen molar-refractivity contribution in [1.29, 1.82) is 0 Å². The van der Waals surface area contributed by atoms with Gasteiger partial charge in [0.2, 0.25) is 5.78 Å². The highest BCUT2D eigenvalue weighted by Gasteiger charge is 2.20. The van der Waals surface area contributed by atoms with E-state index in [1.807, 2.05) is 17.8 Å². The van der Waals surface area contributed by atoms with E-state index >= 15 is 0 Å². The standard InChI is InChI=1S/C14H10Cl2OS2/c15-10-3-1-2-9(13(10)16)14(17)12-6-8-7-18-5-4-11(8)19-12/h1-3,6H,4-5,7H2. The molecule has 0 saturated carbocycles. The summed E-state index contributed by atoms with van der Waals surface area (Å²) in [6.07, 6.45) is 1.06. The third-order valence-electron chi connectivity index (χ3n) is 3.05. The maximum atomic E-state index is 12.5. The van der Waals surface area contributed by atoms with Crippen LogP contribution >= 0.6 is 46.3 Å². The summed E-state index contributed by atoms with van der Waals surface area (Å²) in [6.45, 7) is 0. The maximum absolute atomic E-state index is 12.5. The van der Waals surface area contributed by atoms with Gasteiger partial charge in [0, 0.05) is 16.2 Å². The molecule has 0 radical (unpaired) electrons. The molecule has 19 heavy (non-hydrogen) atoms. The number of hydrogen-bond acceptors (Lipinski definition) is 3. The second-order valence-electron chi connectivity index (χ2n) is 4.29. The van der Waals surface area contributed by atoms with E-state index in [0.29, 0.717) is 15.6 Å². The molecule has 1 aromatic carbocycles. The van der Waals surface area contributed by atoms with Crippen LogP contribution < -0.4 is 0 Å². The second kappa shape index (κ2) is 5.49. The van der Waals surface area contributed by atoms with Crippen LogP contribution in [0.25, 0.3) is 0 Å². The lowest BCUT2D eigenvalue weighted by Gasteiger charge is -2.08. The van der Waals surface area contributed by atoms with Gasteiger partial charge in [-0.05, 0) is 35.9 Å². The quantitative estimate of drug-likeness (QED) is 0.715. The van der Waals surface area contributed by atoms with Crippen LogP contribution in [0.1, 0.15) is 25.7 Å². The SMILES string of the molecule is O=C(c1cc2c(s1)CCSC2)c1cccc(Cl)c1Cl. The summed E-state index contributed by atoms with van der Waals surface area (Å²) in [5, 5.41) is 0.763. The number of ketones is 1. The molecule has 0 amide bonds. The molecule has 2 heterocycles. The summed E-state index contributed by atoms with van der Waals surface area (Å²) < 4.78 is 0. The number of halogens is 2. The summed E-state index contributed by atoms with van der Waals surface area (Å²) in [5.74, 6) is 2.11. The molecule has 3 rings (SSSR count). The fourth-order valence-corrected chi connectivity index (χ4v) is 4.78. The zero-order valence-electron chi connectivity index (χ0n) is 9.91. The first kappa shape index (κ1) is 13.5. The molecule has 0 unspecified atom stereocenters. The number of carbonyl (C=O) groups excluding carboxylic acids is 1. The number of benzene rings is 1. The summed E-state index contributed by atoms with van der Waals surface area (Å²) in [5.41, 5.74) is 1.78. The molecule has 98 valence electrons. The number of rotatable bonds is 2. The Hall–Kier alpha value is -0.480. The molecular weight excluding hydrogens is 319 g/mol. The van der Waals surface area contributed by atoms with Crippen molar-refractivity contribution in [2.45, 2.75) is 12.2 Å². The fraction of sp³-hybridized carbons (Fsp3) is 0.214. The van der Waals surface area contributed by atoms with Crippen molar-refractivity contribution in [3.63, 3.8) is 0 Å². The van der Waals surface area contributed by atoms with Crippen molar-refractivity contribution in [2.75, 3.05) is 5.75 Å². The summed E-state index contributed by atoms with van der Waals surface area (Å²) in [7, 11) is 0. The van der Waals surface area contributed by atoms with Gasteiger partial charge in [-0.1, -0.05) is 29.3 Å². The van der Waals surface area contributed by atoms with Gasteiger partial charge in [0.15, 0.2) is 0 Å². The first-order valence-electron chi connectivity index (χ1n) is 5.85. The van der Waals surface area contributed by atoms with E-state index in [1.165, 1.54) is 10.4 Å². The Kier molecular flexibility index (Phi) is 3.90. The van der Waals surface area contributed by atoms with Gasteiger partial charge < -0.3 is 0 Å². The largest absolute Gasteiger partial charge is 0.288 e. The number of carbonyl (C=O) groups is 1.